The molecular formula is C10H6F3NO. The summed E-state index contributed by atoms with van der Waals surface area (Å²) in [5.41, 5.74) is -0.603. The maximum atomic E-state index is 12.1. The van der Waals surface area contributed by atoms with Crippen LogP contribution in [0.15, 0.2) is 18.3 Å². The maximum Gasteiger partial charge on any atom is 0.417 e. The van der Waals surface area contributed by atoms with Crippen LogP contribution < -0.4 is 0 Å². The van der Waals surface area contributed by atoms with Crippen LogP contribution in [0.25, 0.3) is 0 Å². The Balaban J connectivity index is 2.83. The highest BCUT2D eigenvalue weighted by atomic mass is 19.4. The molecule has 0 amide bonds. The molecule has 1 heterocycles. The molecule has 0 fully saturated rings. The van der Waals surface area contributed by atoms with Crippen molar-refractivity contribution in [2.24, 2.45) is 0 Å². The van der Waals surface area contributed by atoms with E-state index in [2.05, 4.69) is 16.8 Å². The van der Waals surface area contributed by atoms with E-state index in [1.54, 1.807) is 0 Å². The number of rotatable bonds is 1. The largest absolute Gasteiger partial charge is 0.417 e. The van der Waals surface area contributed by atoms with E-state index in [0.717, 1.165) is 6.07 Å². The number of carbonyl (C=O) groups excluding carboxylic acids is 1. The third kappa shape index (κ3) is 3.43. The predicted molar refractivity (Wildman–Crippen MR) is 46.8 cm³/mol. The molecule has 78 valence electrons. The van der Waals surface area contributed by atoms with Gasteiger partial charge in [0.05, 0.1) is 12.0 Å². The number of hydrogen-bond acceptors (Lipinski definition) is 2. The first-order chi connectivity index (χ1) is 7.04. The van der Waals surface area contributed by atoms with Crippen LogP contribution in [0, 0.1) is 11.8 Å². The fourth-order valence-electron chi connectivity index (χ4n) is 0.819. The van der Waals surface area contributed by atoms with Crippen molar-refractivity contribution in [3.8, 4) is 11.8 Å². The van der Waals surface area contributed by atoms with E-state index in [9.17, 15) is 18.0 Å². The molecule has 1 aromatic rings. The van der Waals surface area contributed by atoms with Crippen LogP contribution in [0.2, 0.25) is 0 Å². The van der Waals surface area contributed by atoms with Crippen molar-refractivity contribution in [3.63, 3.8) is 0 Å². The zero-order valence-corrected chi connectivity index (χ0v) is 7.51. The van der Waals surface area contributed by atoms with Gasteiger partial charge < -0.3 is 4.79 Å². The van der Waals surface area contributed by atoms with Crippen LogP contribution >= 0.6 is 0 Å². The molecule has 0 atom stereocenters. The molecule has 0 aliphatic carbocycles. The number of halogens is 3. The average Bonchev–Trinajstić information content (AvgIpc) is 2.18. The van der Waals surface area contributed by atoms with Gasteiger partial charge in [-0.3, -0.25) is 0 Å². The summed E-state index contributed by atoms with van der Waals surface area (Å²) in [6, 6.07) is 2.07. The van der Waals surface area contributed by atoms with Crippen molar-refractivity contribution in [2.45, 2.75) is 12.6 Å². The zero-order valence-electron chi connectivity index (χ0n) is 7.51. The van der Waals surface area contributed by atoms with E-state index >= 15 is 0 Å². The molecule has 0 aromatic carbocycles. The summed E-state index contributed by atoms with van der Waals surface area (Å²) in [6.07, 6.45) is -3.02. The predicted octanol–water partition coefficient (Wildman–Crippen LogP) is 2.04. The second kappa shape index (κ2) is 4.60. The van der Waals surface area contributed by atoms with Crippen molar-refractivity contribution < 1.29 is 18.0 Å². The molecule has 1 rings (SSSR count). The zero-order chi connectivity index (χ0) is 11.3. The fourth-order valence-corrected chi connectivity index (χ4v) is 0.819. The number of alkyl halides is 3. The Labute approximate surface area is 84.1 Å². The highest BCUT2D eigenvalue weighted by Gasteiger charge is 2.30. The van der Waals surface area contributed by atoms with Crippen LogP contribution in [0.3, 0.4) is 0 Å². The van der Waals surface area contributed by atoms with Crippen LogP contribution in [0.4, 0.5) is 13.2 Å². The molecule has 0 bridgehead atoms. The Morgan fingerprint density at radius 2 is 2.13 bits per heavy atom. The van der Waals surface area contributed by atoms with E-state index in [4.69, 9.17) is 0 Å². The first-order valence-electron chi connectivity index (χ1n) is 4.00. The lowest BCUT2D eigenvalue weighted by Crippen LogP contribution is -2.05. The lowest BCUT2D eigenvalue weighted by Gasteiger charge is -2.04. The fraction of sp³-hybridized carbons (Fsp3) is 0.200. The quantitative estimate of drug-likeness (QED) is 0.527. The standard InChI is InChI=1S/C10H6F3NO/c11-10(12,13)8-4-5-9(14-7-8)3-1-2-6-15/h4-7H,2H2. The van der Waals surface area contributed by atoms with Crippen LogP contribution in [0.5, 0.6) is 0 Å². The molecule has 1 aromatic heterocycles. The second-order valence-corrected chi connectivity index (χ2v) is 2.60. The molecule has 0 saturated heterocycles. The number of pyridine rings is 1. The SMILES string of the molecule is O=CCC#Cc1ccc(C(F)(F)F)cn1. The lowest BCUT2D eigenvalue weighted by atomic mass is 10.2. The Kier molecular flexibility index (Phi) is 3.45. The summed E-state index contributed by atoms with van der Waals surface area (Å²) in [5.74, 6) is 4.91. The van der Waals surface area contributed by atoms with E-state index < -0.39 is 11.7 Å². The number of nitrogens with zero attached hydrogens (tertiary/aromatic N) is 1. The molecule has 0 aliphatic heterocycles. The van der Waals surface area contributed by atoms with Crippen LogP contribution in [-0.4, -0.2) is 11.3 Å². The summed E-state index contributed by atoms with van der Waals surface area (Å²) in [4.78, 5) is 13.4. The van der Waals surface area contributed by atoms with E-state index in [-0.39, 0.29) is 12.1 Å². The molecule has 2 nitrogen and oxygen atoms in total. The molecule has 0 unspecified atom stereocenters. The van der Waals surface area contributed by atoms with Crippen molar-refractivity contribution in [3.05, 3.63) is 29.6 Å². The van der Waals surface area contributed by atoms with E-state index in [0.29, 0.717) is 12.5 Å². The number of aldehydes is 1. The molecule has 15 heavy (non-hydrogen) atoms. The Bertz CT molecular complexity index is 397. The highest BCUT2D eigenvalue weighted by molar-refractivity contribution is 5.54. The van der Waals surface area contributed by atoms with Gasteiger partial charge in [0.25, 0.3) is 0 Å². The minimum Gasteiger partial charge on any atom is -0.302 e. The molecule has 0 saturated carbocycles. The summed E-state index contributed by atoms with van der Waals surface area (Å²) >= 11 is 0. The smallest absolute Gasteiger partial charge is 0.302 e. The molecular weight excluding hydrogens is 207 g/mol. The second-order valence-electron chi connectivity index (χ2n) is 2.60. The van der Waals surface area contributed by atoms with Crippen LogP contribution in [-0.2, 0) is 11.0 Å². The molecule has 0 aliphatic rings. The molecule has 0 N–H and O–H groups in total. The first-order valence-corrected chi connectivity index (χ1v) is 4.00. The topological polar surface area (TPSA) is 30.0 Å². The number of aromatic nitrogens is 1. The number of hydrogen-bond donors (Lipinski definition) is 0. The number of carbonyl (C=O) groups is 1. The van der Waals surface area contributed by atoms with Gasteiger partial charge in [0, 0.05) is 6.20 Å². The van der Waals surface area contributed by atoms with Gasteiger partial charge in [-0.05, 0) is 18.1 Å². The summed E-state index contributed by atoms with van der Waals surface area (Å²) in [6.45, 7) is 0. The Morgan fingerprint density at radius 1 is 1.40 bits per heavy atom. The minimum atomic E-state index is -4.39. The summed E-state index contributed by atoms with van der Waals surface area (Å²) in [7, 11) is 0. The summed E-state index contributed by atoms with van der Waals surface area (Å²) < 4.78 is 36.3. The van der Waals surface area contributed by atoms with Crippen molar-refractivity contribution in [1.29, 1.82) is 0 Å². The van der Waals surface area contributed by atoms with Crippen molar-refractivity contribution in [1.82, 2.24) is 4.98 Å². The monoisotopic (exact) mass is 213 g/mol. The Hall–Kier alpha value is -1.83. The van der Waals surface area contributed by atoms with Crippen LogP contribution in [0.1, 0.15) is 17.7 Å². The molecule has 0 radical (unpaired) electrons. The normalized spacial score (nSPS) is 10.3. The average molecular weight is 213 g/mol. The van der Waals surface area contributed by atoms with Gasteiger partial charge in [0.15, 0.2) is 0 Å². The molecule has 0 spiro atoms. The van der Waals surface area contributed by atoms with Gasteiger partial charge in [-0.2, -0.15) is 13.2 Å². The van der Waals surface area contributed by atoms with Gasteiger partial charge in [-0.15, -0.1) is 0 Å². The minimum absolute atomic E-state index is 0.0443. The lowest BCUT2D eigenvalue weighted by molar-refractivity contribution is -0.137. The van der Waals surface area contributed by atoms with Gasteiger partial charge in [0.1, 0.15) is 12.0 Å². The first kappa shape index (κ1) is 11.2. The Morgan fingerprint density at radius 3 is 2.60 bits per heavy atom. The third-order valence-corrected chi connectivity index (χ3v) is 1.49. The molecule has 5 heteroatoms. The van der Waals surface area contributed by atoms with E-state index in [1.165, 1.54) is 6.07 Å². The van der Waals surface area contributed by atoms with Crippen molar-refractivity contribution >= 4 is 6.29 Å². The van der Waals surface area contributed by atoms with E-state index in [1.807, 2.05) is 0 Å². The van der Waals surface area contributed by atoms with Gasteiger partial charge in [-0.25, -0.2) is 4.98 Å². The third-order valence-electron chi connectivity index (χ3n) is 1.49. The summed E-state index contributed by atoms with van der Waals surface area (Å²) in [5, 5.41) is 0. The highest BCUT2D eigenvalue weighted by Crippen LogP contribution is 2.28. The van der Waals surface area contributed by atoms with Gasteiger partial charge in [0.2, 0.25) is 0 Å². The maximum absolute atomic E-state index is 12.1. The van der Waals surface area contributed by atoms with Gasteiger partial charge in [-0.1, -0.05) is 5.92 Å². The van der Waals surface area contributed by atoms with Gasteiger partial charge >= 0.3 is 6.18 Å². The van der Waals surface area contributed by atoms with Crippen molar-refractivity contribution in [2.75, 3.05) is 0 Å².